The fourth-order valence-corrected chi connectivity index (χ4v) is 3.12. The summed E-state index contributed by atoms with van der Waals surface area (Å²) < 4.78 is 0. The molecule has 0 fully saturated rings. The molecule has 0 saturated carbocycles. The summed E-state index contributed by atoms with van der Waals surface area (Å²) in [5.74, 6) is 0.594. The predicted octanol–water partition coefficient (Wildman–Crippen LogP) is 5.91. The van der Waals surface area contributed by atoms with Crippen molar-refractivity contribution < 1.29 is 5.11 Å². The normalized spacial score (nSPS) is 11.2. The third-order valence-corrected chi connectivity index (χ3v) is 4.14. The van der Waals surface area contributed by atoms with Gasteiger partial charge in [-0.3, -0.25) is 4.98 Å². The number of rotatable bonds is 5. The standard InChI is InChI=1S/C22H29NO/c1-14(2)12-18-20(17-10-8-7-9-11-17)19(13-24)22(16(5)6)23-21(18)15(3)4/h7-12,15-16,24H,13H2,1-6H3. The van der Waals surface area contributed by atoms with Gasteiger partial charge < -0.3 is 5.11 Å². The van der Waals surface area contributed by atoms with Gasteiger partial charge in [0, 0.05) is 16.8 Å². The van der Waals surface area contributed by atoms with Crippen LogP contribution in [0.15, 0.2) is 35.9 Å². The zero-order valence-corrected chi connectivity index (χ0v) is 15.7. The second-order valence-electron chi connectivity index (χ2n) is 7.20. The first kappa shape index (κ1) is 18.4. The lowest BCUT2D eigenvalue weighted by Gasteiger charge is -2.23. The van der Waals surface area contributed by atoms with Crippen molar-refractivity contribution in [3.8, 4) is 11.1 Å². The van der Waals surface area contributed by atoms with Gasteiger partial charge in [-0.25, -0.2) is 0 Å². The molecule has 2 heteroatoms. The maximum atomic E-state index is 10.1. The summed E-state index contributed by atoms with van der Waals surface area (Å²) in [5, 5.41) is 10.1. The van der Waals surface area contributed by atoms with Crippen molar-refractivity contribution in [3.63, 3.8) is 0 Å². The van der Waals surface area contributed by atoms with Crippen molar-refractivity contribution in [1.29, 1.82) is 0 Å². The molecule has 0 spiro atoms. The van der Waals surface area contributed by atoms with Crippen molar-refractivity contribution in [2.75, 3.05) is 0 Å². The molecule has 0 radical (unpaired) electrons. The Morgan fingerprint density at radius 3 is 2.04 bits per heavy atom. The van der Waals surface area contributed by atoms with Gasteiger partial charge >= 0.3 is 0 Å². The third kappa shape index (κ3) is 3.76. The van der Waals surface area contributed by atoms with Crippen LogP contribution in [0.3, 0.4) is 0 Å². The summed E-state index contributed by atoms with van der Waals surface area (Å²) in [5.41, 5.74) is 7.71. The first-order valence-electron chi connectivity index (χ1n) is 8.74. The summed E-state index contributed by atoms with van der Waals surface area (Å²) in [7, 11) is 0. The Morgan fingerprint density at radius 1 is 1.00 bits per heavy atom. The third-order valence-electron chi connectivity index (χ3n) is 4.14. The first-order chi connectivity index (χ1) is 11.4. The van der Waals surface area contributed by atoms with Crippen LogP contribution in [0, 0.1) is 0 Å². The van der Waals surface area contributed by atoms with Crippen LogP contribution in [0.1, 0.15) is 75.9 Å². The van der Waals surface area contributed by atoms with E-state index in [2.05, 4.69) is 59.8 Å². The van der Waals surface area contributed by atoms with Crippen molar-refractivity contribution in [2.45, 2.75) is 60.0 Å². The highest BCUT2D eigenvalue weighted by Gasteiger charge is 2.22. The second kappa shape index (κ2) is 7.76. The van der Waals surface area contributed by atoms with Gasteiger partial charge in [-0.1, -0.05) is 69.7 Å². The van der Waals surface area contributed by atoms with Gasteiger partial charge in [-0.15, -0.1) is 0 Å². The van der Waals surface area contributed by atoms with E-state index in [0.717, 1.165) is 33.6 Å². The molecule has 1 aromatic heterocycles. The molecule has 2 nitrogen and oxygen atoms in total. The summed E-state index contributed by atoms with van der Waals surface area (Å²) in [6.07, 6.45) is 2.20. The van der Waals surface area contributed by atoms with E-state index in [1.165, 1.54) is 5.57 Å². The molecular weight excluding hydrogens is 294 g/mol. The molecule has 0 aliphatic heterocycles. The van der Waals surface area contributed by atoms with E-state index in [1.807, 2.05) is 18.2 Å². The summed E-state index contributed by atoms with van der Waals surface area (Å²) in [6, 6.07) is 10.4. The zero-order chi connectivity index (χ0) is 17.9. The van der Waals surface area contributed by atoms with Crippen LogP contribution in [0.5, 0.6) is 0 Å². The number of benzene rings is 1. The molecule has 0 saturated heterocycles. The van der Waals surface area contributed by atoms with Gasteiger partial charge in [-0.2, -0.15) is 0 Å². The van der Waals surface area contributed by atoms with E-state index in [1.54, 1.807) is 0 Å². The molecule has 24 heavy (non-hydrogen) atoms. The van der Waals surface area contributed by atoms with Crippen LogP contribution in [0.2, 0.25) is 0 Å². The molecule has 0 unspecified atom stereocenters. The Kier molecular flexibility index (Phi) is 5.95. The first-order valence-corrected chi connectivity index (χ1v) is 8.74. The highest BCUT2D eigenvalue weighted by Crippen LogP contribution is 2.37. The molecular formula is C22H29NO. The summed E-state index contributed by atoms with van der Waals surface area (Å²) in [6.45, 7) is 12.9. The Morgan fingerprint density at radius 2 is 1.58 bits per heavy atom. The quantitative estimate of drug-likeness (QED) is 0.742. The molecule has 2 rings (SSSR count). The van der Waals surface area contributed by atoms with Gasteiger partial charge in [0.05, 0.1) is 12.3 Å². The molecule has 0 amide bonds. The molecule has 1 aromatic carbocycles. The zero-order valence-electron chi connectivity index (χ0n) is 15.7. The number of hydrogen-bond acceptors (Lipinski definition) is 2. The Balaban J connectivity index is 2.97. The Labute approximate surface area is 146 Å². The molecule has 0 aliphatic carbocycles. The maximum absolute atomic E-state index is 10.1. The van der Waals surface area contributed by atoms with Crippen molar-refractivity contribution >= 4 is 6.08 Å². The summed E-state index contributed by atoms with van der Waals surface area (Å²) >= 11 is 0. The average molecular weight is 323 g/mol. The minimum atomic E-state index is 0.00666. The van der Waals surface area contributed by atoms with Crippen molar-refractivity contribution in [3.05, 3.63) is 58.4 Å². The van der Waals surface area contributed by atoms with Crippen LogP contribution in [0.4, 0.5) is 0 Å². The van der Waals surface area contributed by atoms with Crippen molar-refractivity contribution in [1.82, 2.24) is 4.98 Å². The van der Waals surface area contributed by atoms with E-state index in [-0.39, 0.29) is 12.5 Å². The highest BCUT2D eigenvalue weighted by atomic mass is 16.3. The Bertz CT molecular complexity index is 723. The lowest BCUT2D eigenvalue weighted by atomic mass is 9.87. The van der Waals surface area contributed by atoms with E-state index < -0.39 is 0 Å². The molecule has 2 aromatic rings. The highest BCUT2D eigenvalue weighted by molar-refractivity contribution is 5.80. The fraction of sp³-hybridized carbons (Fsp3) is 0.409. The number of aliphatic hydroxyl groups is 1. The average Bonchev–Trinajstić information content (AvgIpc) is 2.53. The maximum Gasteiger partial charge on any atom is 0.0706 e. The number of aliphatic hydroxyl groups excluding tert-OH is 1. The molecule has 1 N–H and O–H groups in total. The number of aromatic nitrogens is 1. The smallest absolute Gasteiger partial charge is 0.0706 e. The van der Waals surface area contributed by atoms with E-state index in [9.17, 15) is 5.11 Å². The van der Waals surface area contributed by atoms with Crippen LogP contribution >= 0.6 is 0 Å². The minimum absolute atomic E-state index is 0.00666. The topological polar surface area (TPSA) is 33.1 Å². The van der Waals surface area contributed by atoms with E-state index in [0.29, 0.717) is 5.92 Å². The fourth-order valence-electron chi connectivity index (χ4n) is 3.12. The number of hydrogen-bond donors (Lipinski definition) is 1. The van der Waals surface area contributed by atoms with Crippen molar-refractivity contribution in [2.24, 2.45) is 0 Å². The molecule has 1 heterocycles. The van der Waals surface area contributed by atoms with Crippen LogP contribution < -0.4 is 0 Å². The van der Waals surface area contributed by atoms with Crippen LogP contribution in [-0.2, 0) is 6.61 Å². The number of nitrogens with zero attached hydrogens (tertiary/aromatic N) is 1. The molecule has 0 atom stereocenters. The Hall–Kier alpha value is -1.93. The second-order valence-corrected chi connectivity index (χ2v) is 7.20. The molecule has 0 aliphatic rings. The van der Waals surface area contributed by atoms with Crippen LogP contribution in [-0.4, -0.2) is 10.1 Å². The predicted molar refractivity (Wildman–Crippen MR) is 103 cm³/mol. The monoisotopic (exact) mass is 323 g/mol. The van der Waals surface area contributed by atoms with Gasteiger partial charge in [0.1, 0.15) is 0 Å². The largest absolute Gasteiger partial charge is 0.392 e. The van der Waals surface area contributed by atoms with E-state index >= 15 is 0 Å². The van der Waals surface area contributed by atoms with Crippen LogP contribution in [0.25, 0.3) is 17.2 Å². The number of allylic oxidation sites excluding steroid dienone is 1. The molecule has 128 valence electrons. The van der Waals surface area contributed by atoms with E-state index in [4.69, 9.17) is 4.98 Å². The van der Waals surface area contributed by atoms with Gasteiger partial charge in [0.2, 0.25) is 0 Å². The summed E-state index contributed by atoms with van der Waals surface area (Å²) in [4.78, 5) is 4.98. The van der Waals surface area contributed by atoms with Gasteiger partial charge in [-0.05, 0) is 36.8 Å². The lowest BCUT2D eigenvalue weighted by molar-refractivity contribution is 0.280. The number of pyridine rings is 1. The lowest BCUT2D eigenvalue weighted by Crippen LogP contribution is -2.10. The van der Waals surface area contributed by atoms with Gasteiger partial charge in [0.25, 0.3) is 0 Å². The minimum Gasteiger partial charge on any atom is -0.392 e. The van der Waals surface area contributed by atoms with Gasteiger partial charge in [0.15, 0.2) is 0 Å². The molecule has 0 bridgehead atoms. The SMILES string of the molecule is CC(C)=Cc1c(C(C)C)nc(C(C)C)c(CO)c1-c1ccccc1.